The van der Waals surface area contributed by atoms with Gasteiger partial charge in [0.15, 0.2) is 11.5 Å². The van der Waals surface area contributed by atoms with Crippen LogP contribution in [-0.2, 0) is 11.2 Å². The monoisotopic (exact) mass is 376 g/mol. The molecule has 5 heteroatoms. The second-order valence-electron chi connectivity index (χ2n) is 6.65. The van der Waals surface area contributed by atoms with Crippen LogP contribution in [0.1, 0.15) is 25.0 Å². The number of nitrogens with one attached hydrogen (secondary N) is 1. The number of nitrogens with zero attached hydrogens (tertiary/aromatic N) is 1. The van der Waals surface area contributed by atoms with Gasteiger partial charge >= 0.3 is 0 Å². The zero-order valence-electron chi connectivity index (χ0n) is 16.3. The zero-order valence-corrected chi connectivity index (χ0v) is 16.3. The molecule has 3 aromatic carbocycles. The number of fused-ring (bicyclic) bond motifs is 1. The first-order valence-corrected chi connectivity index (χ1v) is 9.20. The molecule has 0 aliphatic rings. The maximum atomic E-state index is 12.4. The lowest BCUT2D eigenvalue weighted by atomic mass is 10.0. The number of benzene rings is 3. The van der Waals surface area contributed by atoms with Crippen LogP contribution in [0, 0.1) is 0 Å². The molecule has 0 aliphatic heterocycles. The molecule has 0 heterocycles. The van der Waals surface area contributed by atoms with E-state index in [0.29, 0.717) is 11.5 Å². The molecule has 0 saturated carbocycles. The Morgan fingerprint density at radius 2 is 1.82 bits per heavy atom. The quantitative estimate of drug-likeness (QED) is 0.493. The van der Waals surface area contributed by atoms with Gasteiger partial charge in [0.05, 0.1) is 25.8 Å². The van der Waals surface area contributed by atoms with E-state index in [4.69, 9.17) is 9.47 Å². The van der Waals surface area contributed by atoms with Gasteiger partial charge in [-0.15, -0.1) is 0 Å². The van der Waals surface area contributed by atoms with Crippen molar-refractivity contribution < 1.29 is 14.3 Å². The standard InChI is InChI=1S/C23H24N2O3/c1-16(2)28-23-19(11-7-13-21(23)27-3)15-24-25-22(26)14-18-10-6-9-17-8-4-5-12-20(17)18/h4-13,15-16H,14H2,1-3H3,(H,25,26)/b24-15-. The number of hydrogen-bond acceptors (Lipinski definition) is 4. The van der Waals surface area contributed by atoms with E-state index in [-0.39, 0.29) is 18.4 Å². The molecule has 5 nitrogen and oxygen atoms in total. The molecule has 144 valence electrons. The fourth-order valence-electron chi connectivity index (χ4n) is 2.99. The molecule has 0 aliphatic carbocycles. The van der Waals surface area contributed by atoms with Crippen molar-refractivity contribution in [3.05, 3.63) is 71.8 Å². The molecule has 0 aromatic heterocycles. The van der Waals surface area contributed by atoms with Gasteiger partial charge in [0.1, 0.15) is 0 Å². The summed E-state index contributed by atoms with van der Waals surface area (Å²) >= 11 is 0. The van der Waals surface area contributed by atoms with Crippen molar-refractivity contribution in [1.29, 1.82) is 0 Å². The summed E-state index contributed by atoms with van der Waals surface area (Å²) in [6.45, 7) is 3.89. The van der Waals surface area contributed by atoms with Crippen molar-refractivity contribution in [1.82, 2.24) is 5.43 Å². The van der Waals surface area contributed by atoms with Crippen LogP contribution >= 0.6 is 0 Å². The van der Waals surface area contributed by atoms with Crippen molar-refractivity contribution in [2.24, 2.45) is 5.10 Å². The second kappa shape index (κ2) is 9.04. The van der Waals surface area contributed by atoms with Crippen LogP contribution < -0.4 is 14.9 Å². The predicted molar refractivity (Wildman–Crippen MR) is 112 cm³/mol. The molecule has 0 unspecified atom stereocenters. The Hall–Kier alpha value is -3.34. The smallest absolute Gasteiger partial charge is 0.244 e. The fourth-order valence-corrected chi connectivity index (χ4v) is 2.99. The van der Waals surface area contributed by atoms with Gasteiger partial charge in [0, 0.05) is 5.56 Å². The summed E-state index contributed by atoms with van der Waals surface area (Å²) in [5, 5.41) is 6.29. The van der Waals surface area contributed by atoms with Gasteiger partial charge in [0.2, 0.25) is 5.91 Å². The zero-order chi connectivity index (χ0) is 19.9. The maximum Gasteiger partial charge on any atom is 0.244 e. The van der Waals surface area contributed by atoms with Crippen molar-refractivity contribution in [3.8, 4) is 11.5 Å². The largest absolute Gasteiger partial charge is 0.493 e. The SMILES string of the molecule is COc1cccc(/C=N\NC(=O)Cc2cccc3ccccc23)c1OC(C)C. The Morgan fingerprint density at radius 3 is 2.61 bits per heavy atom. The van der Waals surface area contributed by atoms with Gasteiger partial charge in [-0.1, -0.05) is 48.5 Å². The third kappa shape index (κ3) is 4.68. The van der Waals surface area contributed by atoms with Crippen molar-refractivity contribution in [2.75, 3.05) is 7.11 Å². The molecular formula is C23H24N2O3. The first kappa shape index (κ1) is 19.4. The van der Waals surface area contributed by atoms with E-state index in [2.05, 4.69) is 10.5 Å². The van der Waals surface area contributed by atoms with Crippen molar-refractivity contribution in [2.45, 2.75) is 26.4 Å². The van der Waals surface area contributed by atoms with E-state index >= 15 is 0 Å². The summed E-state index contributed by atoms with van der Waals surface area (Å²) in [5.41, 5.74) is 4.30. The summed E-state index contributed by atoms with van der Waals surface area (Å²) in [4.78, 5) is 12.4. The Balaban J connectivity index is 1.72. The average molecular weight is 376 g/mol. The van der Waals surface area contributed by atoms with E-state index in [9.17, 15) is 4.79 Å². The lowest BCUT2D eigenvalue weighted by Gasteiger charge is -2.15. The van der Waals surface area contributed by atoms with E-state index in [1.54, 1.807) is 13.3 Å². The van der Waals surface area contributed by atoms with Crippen LogP contribution in [0.15, 0.2) is 65.8 Å². The van der Waals surface area contributed by atoms with Crippen molar-refractivity contribution in [3.63, 3.8) is 0 Å². The molecule has 1 N–H and O–H groups in total. The predicted octanol–water partition coefficient (Wildman–Crippen LogP) is 4.33. The van der Waals surface area contributed by atoms with Gasteiger partial charge in [-0.05, 0) is 42.3 Å². The lowest BCUT2D eigenvalue weighted by Crippen LogP contribution is -2.20. The Bertz CT molecular complexity index is 991. The molecule has 1 amide bonds. The molecule has 28 heavy (non-hydrogen) atoms. The van der Waals surface area contributed by atoms with Gasteiger partial charge in [-0.3, -0.25) is 4.79 Å². The molecule has 0 radical (unpaired) electrons. The number of amides is 1. The van der Waals surface area contributed by atoms with Gasteiger partial charge in [-0.25, -0.2) is 5.43 Å². The van der Waals surface area contributed by atoms with Gasteiger partial charge < -0.3 is 9.47 Å². The Morgan fingerprint density at radius 1 is 1.07 bits per heavy atom. The van der Waals surface area contributed by atoms with E-state index in [1.807, 2.05) is 74.5 Å². The number of rotatable bonds is 7. The maximum absolute atomic E-state index is 12.4. The number of ether oxygens (including phenoxy) is 2. The van der Waals surface area contributed by atoms with Crippen LogP contribution in [0.3, 0.4) is 0 Å². The number of para-hydroxylation sites is 1. The molecule has 3 rings (SSSR count). The minimum absolute atomic E-state index is 0.00981. The summed E-state index contributed by atoms with van der Waals surface area (Å²) in [5.74, 6) is 1.05. The van der Waals surface area contributed by atoms with Gasteiger partial charge in [-0.2, -0.15) is 5.10 Å². The number of hydrogen-bond donors (Lipinski definition) is 1. The minimum atomic E-state index is -0.179. The Labute approximate surface area is 165 Å². The van der Waals surface area contributed by atoms with E-state index in [1.165, 1.54) is 0 Å². The molecule has 0 spiro atoms. The topological polar surface area (TPSA) is 59.9 Å². The fraction of sp³-hybridized carbons (Fsp3) is 0.217. The third-order valence-electron chi connectivity index (χ3n) is 4.21. The number of hydrazone groups is 1. The highest BCUT2D eigenvalue weighted by atomic mass is 16.5. The molecule has 0 bridgehead atoms. The molecule has 3 aromatic rings. The average Bonchev–Trinajstić information content (AvgIpc) is 2.69. The second-order valence-corrected chi connectivity index (χ2v) is 6.65. The van der Waals surface area contributed by atoms with Crippen LogP contribution in [-0.4, -0.2) is 25.3 Å². The third-order valence-corrected chi connectivity index (χ3v) is 4.21. The highest BCUT2D eigenvalue weighted by Crippen LogP contribution is 2.30. The van der Waals surface area contributed by atoms with Crippen molar-refractivity contribution >= 4 is 22.9 Å². The summed E-state index contributed by atoms with van der Waals surface area (Å²) < 4.78 is 11.2. The highest BCUT2D eigenvalue weighted by molar-refractivity contribution is 5.91. The molecule has 0 saturated heterocycles. The number of carbonyl (C=O) groups excluding carboxylic acids is 1. The molecular weight excluding hydrogens is 352 g/mol. The summed E-state index contributed by atoms with van der Waals surface area (Å²) in [6, 6.07) is 19.5. The number of methoxy groups -OCH3 is 1. The van der Waals surface area contributed by atoms with E-state index < -0.39 is 0 Å². The summed E-state index contributed by atoms with van der Waals surface area (Å²) in [6.07, 6.45) is 1.82. The first-order chi connectivity index (χ1) is 13.6. The normalized spacial score (nSPS) is 11.1. The molecule has 0 fully saturated rings. The Kier molecular flexibility index (Phi) is 6.27. The van der Waals surface area contributed by atoms with Gasteiger partial charge in [0.25, 0.3) is 0 Å². The number of carbonyl (C=O) groups is 1. The molecule has 0 atom stereocenters. The highest BCUT2D eigenvalue weighted by Gasteiger charge is 2.11. The lowest BCUT2D eigenvalue weighted by molar-refractivity contribution is -0.120. The van der Waals surface area contributed by atoms with E-state index in [0.717, 1.165) is 21.9 Å². The van der Waals surface area contributed by atoms with Crippen LogP contribution in [0.4, 0.5) is 0 Å². The summed E-state index contributed by atoms with van der Waals surface area (Å²) in [7, 11) is 1.59. The van der Waals surface area contributed by atoms with Crippen LogP contribution in [0.5, 0.6) is 11.5 Å². The van der Waals surface area contributed by atoms with Crippen LogP contribution in [0.25, 0.3) is 10.8 Å². The minimum Gasteiger partial charge on any atom is -0.493 e. The first-order valence-electron chi connectivity index (χ1n) is 9.20. The van der Waals surface area contributed by atoms with Crippen LogP contribution in [0.2, 0.25) is 0 Å².